The SMILES string of the molecule is Cc1cc(C)c(C)c(-c2ccc3c(-c4ccc(CC(C)C)cn4)cccc3[n+]2C)c1. The Morgan fingerprint density at radius 1 is 0.900 bits per heavy atom. The first-order valence-electron chi connectivity index (χ1n) is 10.8. The smallest absolute Gasteiger partial charge is 0.213 e. The van der Waals surface area contributed by atoms with Crippen LogP contribution in [-0.4, -0.2) is 4.98 Å². The van der Waals surface area contributed by atoms with E-state index in [0.717, 1.165) is 12.1 Å². The molecule has 2 aromatic carbocycles. The van der Waals surface area contributed by atoms with E-state index in [1.165, 1.54) is 50.0 Å². The van der Waals surface area contributed by atoms with Crippen LogP contribution in [0.2, 0.25) is 0 Å². The minimum absolute atomic E-state index is 0.640. The molecule has 0 saturated heterocycles. The maximum absolute atomic E-state index is 4.79. The minimum Gasteiger partial charge on any atom is -0.256 e. The van der Waals surface area contributed by atoms with Crippen LogP contribution in [0.1, 0.15) is 36.1 Å². The van der Waals surface area contributed by atoms with Gasteiger partial charge < -0.3 is 0 Å². The summed E-state index contributed by atoms with van der Waals surface area (Å²) in [6.07, 6.45) is 3.10. The first-order valence-corrected chi connectivity index (χ1v) is 10.8. The van der Waals surface area contributed by atoms with Gasteiger partial charge >= 0.3 is 0 Å². The normalized spacial score (nSPS) is 11.4. The molecule has 0 unspecified atom stereocenters. The Labute approximate surface area is 180 Å². The molecule has 2 nitrogen and oxygen atoms in total. The van der Waals surface area contributed by atoms with Crippen molar-refractivity contribution < 1.29 is 4.57 Å². The van der Waals surface area contributed by atoms with Gasteiger partial charge in [-0.05, 0) is 68.0 Å². The van der Waals surface area contributed by atoms with E-state index < -0.39 is 0 Å². The summed E-state index contributed by atoms with van der Waals surface area (Å²) in [4.78, 5) is 4.79. The first kappa shape index (κ1) is 20.3. The van der Waals surface area contributed by atoms with Crippen molar-refractivity contribution in [1.29, 1.82) is 0 Å². The van der Waals surface area contributed by atoms with Gasteiger partial charge in [-0.2, -0.15) is 4.57 Å². The minimum atomic E-state index is 0.640. The van der Waals surface area contributed by atoms with Crippen molar-refractivity contribution in [3.8, 4) is 22.5 Å². The summed E-state index contributed by atoms with van der Waals surface area (Å²) >= 11 is 0. The Hall–Kier alpha value is -3.00. The molecule has 0 fully saturated rings. The van der Waals surface area contributed by atoms with Gasteiger partial charge in [0.1, 0.15) is 7.05 Å². The summed E-state index contributed by atoms with van der Waals surface area (Å²) in [7, 11) is 2.16. The zero-order valence-corrected chi connectivity index (χ0v) is 19.0. The van der Waals surface area contributed by atoms with Gasteiger partial charge in [-0.3, -0.25) is 4.98 Å². The summed E-state index contributed by atoms with van der Waals surface area (Å²) in [5.74, 6) is 0.640. The Kier molecular flexibility index (Phi) is 5.42. The average Bonchev–Trinajstić information content (AvgIpc) is 2.71. The van der Waals surface area contributed by atoms with Gasteiger partial charge in [0.2, 0.25) is 11.2 Å². The van der Waals surface area contributed by atoms with Gasteiger partial charge in [-0.25, -0.2) is 0 Å². The zero-order chi connectivity index (χ0) is 21.4. The second kappa shape index (κ2) is 8.02. The fourth-order valence-corrected chi connectivity index (χ4v) is 4.40. The number of benzene rings is 2. The predicted molar refractivity (Wildman–Crippen MR) is 127 cm³/mol. The summed E-state index contributed by atoms with van der Waals surface area (Å²) in [6, 6.07) is 19.9. The van der Waals surface area contributed by atoms with Gasteiger partial charge in [-0.15, -0.1) is 0 Å². The highest BCUT2D eigenvalue weighted by atomic mass is 14.9. The van der Waals surface area contributed by atoms with E-state index in [1.807, 2.05) is 6.20 Å². The van der Waals surface area contributed by atoms with E-state index in [2.05, 4.69) is 101 Å². The van der Waals surface area contributed by atoms with Crippen molar-refractivity contribution in [1.82, 2.24) is 4.98 Å². The predicted octanol–water partition coefficient (Wildman–Crippen LogP) is 6.52. The summed E-state index contributed by atoms with van der Waals surface area (Å²) in [5.41, 5.74) is 11.3. The second-order valence-corrected chi connectivity index (χ2v) is 8.92. The van der Waals surface area contributed by atoms with Gasteiger partial charge in [-0.1, -0.05) is 43.7 Å². The average molecular weight is 396 g/mol. The molecular formula is C28H31N2+. The molecule has 30 heavy (non-hydrogen) atoms. The van der Waals surface area contributed by atoms with Crippen molar-refractivity contribution in [3.05, 3.63) is 83.0 Å². The van der Waals surface area contributed by atoms with E-state index in [0.29, 0.717) is 5.92 Å². The fraction of sp³-hybridized carbons (Fsp3) is 0.286. The molecule has 0 saturated carbocycles. The largest absolute Gasteiger partial charge is 0.256 e. The lowest BCUT2D eigenvalue weighted by atomic mass is 9.96. The van der Waals surface area contributed by atoms with E-state index in [-0.39, 0.29) is 0 Å². The molecule has 0 radical (unpaired) electrons. The standard InChI is InChI=1S/C28H31N2/c1-18(2)14-22-10-12-26(29-17-22)23-8-7-9-27-24(23)11-13-28(30(27)6)25-16-19(3)15-20(4)21(25)5/h7-13,15-18H,14H2,1-6H3/q+1. The molecule has 0 aliphatic carbocycles. The Morgan fingerprint density at radius 2 is 1.70 bits per heavy atom. The molecule has 2 aromatic heterocycles. The van der Waals surface area contributed by atoms with Crippen LogP contribution in [0.5, 0.6) is 0 Å². The number of hydrogen-bond acceptors (Lipinski definition) is 1. The van der Waals surface area contributed by atoms with Crippen LogP contribution in [0.15, 0.2) is 60.8 Å². The third-order valence-corrected chi connectivity index (χ3v) is 6.05. The van der Waals surface area contributed by atoms with Crippen LogP contribution in [0.25, 0.3) is 33.4 Å². The Balaban J connectivity index is 1.84. The summed E-state index contributed by atoms with van der Waals surface area (Å²) in [6.45, 7) is 11.1. The Morgan fingerprint density at radius 3 is 2.40 bits per heavy atom. The van der Waals surface area contributed by atoms with E-state index in [4.69, 9.17) is 4.98 Å². The van der Waals surface area contributed by atoms with Crippen LogP contribution >= 0.6 is 0 Å². The highest BCUT2D eigenvalue weighted by molar-refractivity contribution is 5.92. The van der Waals surface area contributed by atoms with E-state index in [9.17, 15) is 0 Å². The van der Waals surface area contributed by atoms with Gasteiger partial charge in [0.05, 0.1) is 11.1 Å². The Bertz CT molecular complexity index is 1220. The summed E-state index contributed by atoms with van der Waals surface area (Å²) in [5, 5.41) is 1.23. The lowest BCUT2D eigenvalue weighted by Gasteiger charge is -2.12. The molecule has 0 bridgehead atoms. The molecule has 152 valence electrons. The monoisotopic (exact) mass is 395 g/mol. The van der Waals surface area contributed by atoms with Crippen LogP contribution in [0.4, 0.5) is 0 Å². The maximum atomic E-state index is 4.79. The highest BCUT2D eigenvalue weighted by Crippen LogP contribution is 2.30. The summed E-state index contributed by atoms with van der Waals surface area (Å²) < 4.78 is 2.31. The zero-order valence-electron chi connectivity index (χ0n) is 19.0. The number of fused-ring (bicyclic) bond motifs is 1. The van der Waals surface area contributed by atoms with Crippen molar-refractivity contribution >= 4 is 10.9 Å². The molecule has 4 rings (SSSR count). The highest BCUT2D eigenvalue weighted by Gasteiger charge is 2.19. The second-order valence-electron chi connectivity index (χ2n) is 8.92. The van der Waals surface area contributed by atoms with E-state index in [1.54, 1.807) is 0 Å². The van der Waals surface area contributed by atoms with Crippen LogP contribution in [0.3, 0.4) is 0 Å². The molecule has 0 spiro atoms. The molecule has 2 heteroatoms. The van der Waals surface area contributed by atoms with Crippen molar-refractivity contribution in [2.45, 2.75) is 41.0 Å². The molecule has 0 N–H and O–H groups in total. The molecule has 0 aliphatic rings. The molecule has 0 atom stereocenters. The number of rotatable bonds is 4. The third kappa shape index (κ3) is 3.75. The number of hydrogen-bond donors (Lipinski definition) is 0. The van der Waals surface area contributed by atoms with Crippen LogP contribution in [-0.2, 0) is 13.5 Å². The lowest BCUT2D eigenvalue weighted by molar-refractivity contribution is -0.633. The third-order valence-electron chi connectivity index (χ3n) is 6.05. The van der Waals surface area contributed by atoms with Gasteiger partial charge in [0, 0.05) is 29.5 Å². The number of aryl methyl sites for hydroxylation is 3. The quantitative estimate of drug-likeness (QED) is 0.360. The molecule has 0 amide bonds. The lowest BCUT2D eigenvalue weighted by Crippen LogP contribution is -2.32. The van der Waals surface area contributed by atoms with Gasteiger partial charge in [0.25, 0.3) is 0 Å². The van der Waals surface area contributed by atoms with Crippen LogP contribution in [0, 0.1) is 26.7 Å². The number of nitrogens with zero attached hydrogens (tertiary/aromatic N) is 2. The van der Waals surface area contributed by atoms with Crippen molar-refractivity contribution in [2.75, 3.05) is 0 Å². The molecular weight excluding hydrogens is 364 g/mol. The maximum Gasteiger partial charge on any atom is 0.213 e. The molecule has 4 aromatic rings. The van der Waals surface area contributed by atoms with E-state index >= 15 is 0 Å². The first-order chi connectivity index (χ1) is 14.3. The topological polar surface area (TPSA) is 16.8 Å². The van der Waals surface area contributed by atoms with Crippen molar-refractivity contribution in [2.24, 2.45) is 13.0 Å². The number of pyridine rings is 2. The molecule has 2 heterocycles. The van der Waals surface area contributed by atoms with Gasteiger partial charge in [0.15, 0.2) is 0 Å². The fourth-order valence-electron chi connectivity index (χ4n) is 4.40. The number of aromatic nitrogens is 2. The molecule has 0 aliphatic heterocycles. The van der Waals surface area contributed by atoms with Crippen LogP contribution < -0.4 is 4.57 Å². The van der Waals surface area contributed by atoms with Crippen molar-refractivity contribution in [3.63, 3.8) is 0 Å².